The van der Waals surface area contributed by atoms with E-state index < -0.39 is 6.09 Å². The average molecular weight is 327 g/mol. The molecule has 3 heterocycles. The summed E-state index contributed by atoms with van der Waals surface area (Å²) in [5.41, 5.74) is 3.13. The van der Waals surface area contributed by atoms with Crippen LogP contribution in [0.4, 0.5) is 10.6 Å². The van der Waals surface area contributed by atoms with Crippen molar-refractivity contribution in [3.8, 4) is 0 Å². The lowest BCUT2D eigenvalue weighted by atomic mass is 10.1. The Labute approximate surface area is 142 Å². The largest absolute Gasteiger partial charge is 0.465 e. The lowest BCUT2D eigenvalue weighted by Crippen LogP contribution is -2.61. The summed E-state index contributed by atoms with van der Waals surface area (Å²) < 4.78 is 0.639. The molecular formula is C18H23N4O2+. The minimum atomic E-state index is -0.849. The van der Waals surface area contributed by atoms with Crippen molar-refractivity contribution in [2.45, 2.75) is 20.4 Å². The highest BCUT2D eigenvalue weighted by molar-refractivity contribution is 5.65. The van der Waals surface area contributed by atoms with Gasteiger partial charge in [-0.2, -0.15) is 0 Å². The summed E-state index contributed by atoms with van der Waals surface area (Å²) in [5.74, 6) is 0.981. The second kappa shape index (κ2) is 6.57. The number of nitrogens with zero attached hydrogens (tertiary/aromatic N) is 4. The van der Waals surface area contributed by atoms with Crippen LogP contribution in [0.15, 0.2) is 36.5 Å². The van der Waals surface area contributed by atoms with E-state index >= 15 is 0 Å². The minimum Gasteiger partial charge on any atom is -0.465 e. The van der Waals surface area contributed by atoms with Crippen LogP contribution >= 0.6 is 0 Å². The van der Waals surface area contributed by atoms with Crippen LogP contribution in [0.3, 0.4) is 0 Å². The van der Waals surface area contributed by atoms with E-state index in [0.29, 0.717) is 30.7 Å². The molecule has 0 radical (unpaired) electrons. The fraction of sp³-hybridized carbons (Fsp3) is 0.389. The molecule has 6 nitrogen and oxygen atoms in total. The molecule has 1 fully saturated rings. The Kier molecular flexibility index (Phi) is 4.49. The number of rotatable bonds is 3. The molecule has 0 aromatic carbocycles. The van der Waals surface area contributed by atoms with Crippen molar-refractivity contribution in [1.82, 2.24) is 19.4 Å². The number of aromatic nitrogens is 2. The molecule has 0 atom stereocenters. The number of pyridine rings is 2. The molecule has 3 rings (SSSR count). The van der Waals surface area contributed by atoms with Gasteiger partial charge in [-0.05, 0) is 31.5 Å². The first-order valence-electron chi connectivity index (χ1n) is 8.18. The van der Waals surface area contributed by atoms with Gasteiger partial charge in [0.05, 0.1) is 18.8 Å². The Morgan fingerprint density at radius 2 is 1.96 bits per heavy atom. The van der Waals surface area contributed by atoms with Crippen molar-refractivity contribution in [2.75, 3.05) is 26.2 Å². The third-order valence-electron chi connectivity index (χ3n) is 4.66. The lowest BCUT2D eigenvalue weighted by molar-refractivity contribution is 0.102. The summed E-state index contributed by atoms with van der Waals surface area (Å²) in [7, 11) is 0. The third kappa shape index (κ3) is 3.38. The number of carboxylic acid groups (broad SMARTS) is 1. The van der Waals surface area contributed by atoms with Gasteiger partial charge >= 0.3 is 6.09 Å². The molecule has 24 heavy (non-hydrogen) atoms. The molecule has 0 bridgehead atoms. The molecule has 1 saturated heterocycles. The molecule has 0 spiro atoms. The fourth-order valence-corrected chi connectivity index (χ4v) is 3.25. The Bertz CT molecular complexity index is 722. The Balaban J connectivity index is 1.92. The molecule has 2 aromatic rings. The summed E-state index contributed by atoms with van der Waals surface area (Å²) >= 11 is 0. The summed E-state index contributed by atoms with van der Waals surface area (Å²) in [6.07, 6.45) is 1.03. The maximum Gasteiger partial charge on any atom is 0.407 e. The number of quaternary nitrogens is 1. The number of carbonyl (C=O) groups is 1. The molecular weight excluding hydrogens is 304 g/mol. The monoisotopic (exact) mass is 327 g/mol. The van der Waals surface area contributed by atoms with Crippen LogP contribution in [-0.4, -0.2) is 52.2 Å². The highest BCUT2D eigenvalue weighted by Crippen LogP contribution is 2.26. The molecule has 1 N–H and O–H groups in total. The van der Waals surface area contributed by atoms with Gasteiger partial charge in [0, 0.05) is 18.0 Å². The smallest absolute Gasteiger partial charge is 0.407 e. The first kappa shape index (κ1) is 16.4. The summed E-state index contributed by atoms with van der Waals surface area (Å²) in [5, 5.41) is 9.23. The fourth-order valence-electron chi connectivity index (χ4n) is 3.25. The van der Waals surface area contributed by atoms with E-state index in [-0.39, 0.29) is 0 Å². The van der Waals surface area contributed by atoms with Crippen LogP contribution < -0.4 is 4.48 Å². The second-order valence-corrected chi connectivity index (χ2v) is 6.48. The number of hydrogen-bond donors (Lipinski definition) is 1. The van der Waals surface area contributed by atoms with Gasteiger partial charge in [-0.1, -0.05) is 12.1 Å². The zero-order valence-corrected chi connectivity index (χ0v) is 14.1. The van der Waals surface area contributed by atoms with Crippen molar-refractivity contribution >= 4 is 11.9 Å². The van der Waals surface area contributed by atoms with Gasteiger partial charge in [0.2, 0.25) is 5.82 Å². The van der Waals surface area contributed by atoms with Gasteiger partial charge in [-0.15, -0.1) is 0 Å². The molecule has 2 aromatic heterocycles. The van der Waals surface area contributed by atoms with E-state index in [0.717, 1.165) is 29.3 Å². The molecule has 1 aliphatic rings. The Morgan fingerprint density at radius 1 is 1.21 bits per heavy atom. The molecule has 0 saturated carbocycles. The van der Waals surface area contributed by atoms with E-state index in [9.17, 15) is 9.90 Å². The van der Waals surface area contributed by atoms with Gasteiger partial charge in [0.25, 0.3) is 0 Å². The molecule has 1 amide bonds. The number of piperazine rings is 1. The van der Waals surface area contributed by atoms with Gasteiger partial charge < -0.3 is 5.11 Å². The third-order valence-corrected chi connectivity index (χ3v) is 4.66. The number of amides is 1. The topological polar surface area (TPSA) is 66.3 Å². The summed E-state index contributed by atoms with van der Waals surface area (Å²) in [6.45, 7) is 7.17. The predicted octanol–water partition coefficient (Wildman–Crippen LogP) is 2.59. The van der Waals surface area contributed by atoms with E-state index in [1.807, 2.05) is 38.2 Å². The Hall–Kier alpha value is -2.47. The predicted molar refractivity (Wildman–Crippen MR) is 92.8 cm³/mol. The zero-order chi connectivity index (χ0) is 17.2. The van der Waals surface area contributed by atoms with Crippen LogP contribution in [0.2, 0.25) is 0 Å². The maximum atomic E-state index is 11.2. The number of aryl methyl sites for hydroxylation is 2. The van der Waals surface area contributed by atoms with Gasteiger partial charge in [-0.3, -0.25) is 14.4 Å². The van der Waals surface area contributed by atoms with E-state index in [2.05, 4.69) is 22.1 Å². The molecule has 0 aliphatic carbocycles. The second-order valence-electron chi connectivity index (χ2n) is 6.48. The van der Waals surface area contributed by atoms with E-state index in [4.69, 9.17) is 0 Å². The van der Waals surface area contributed by atoms with Gasteiger partial charge in [-0.25, -0.2) is 9.78 Å². The van der Waals surface area contributed by atoms with Crippen molar-refractivity contribution in [3.05, 3.63) is 53.5 Å². The van der Waals surface area contributed by atoms with Crippen LogP contribution in [-0.2, 0) is 6.54 Å². The first-order valence-corrected chi connectivity index (χ1v) is 8.18. The summed E-state index contributed by atoms with van der Waals surface area (Å²) in [4.78, 5) is 22.0. The normalized spacial score (nSPS) is 16.8. The lowest BCUT2D eigenvalue weighted by Gasteiger charge is -2.42. The SMILES string of the molecule is Cc1ccc([N+]2(Cc3cccc(C)n3)CCN(C(=O)O)CC2)nc1. The Morgan fingerprint density at radius 3 is 2.54 bits per heavy atom. The molecule has 0 unspecified atom stereocenters. The molecule has 126 valence electrons. The molecule has 6 heteroatoms. The standard InChI is InChI=1S/C18H22N4O2/c1-14-6-7-17(19-12-14)22(10-8-21(9-11-22)18(23)24)13-16-5-3-4-15(2)20-16/h3-7,12H,8-11,13H2,1-2H3/p+1. The van der Waals surface area contributed by atoms with Crippen LogP contribution in [0, 0.1) is 13.8 Å². The van der Waals surface area contributed by atoms with Crippen molar-refractivity contribution in [1.29, 1.82) is 0 Å². The van der Waals surface area contributed by atoms with Gasteiger partial charge in [0.15, 0.2) is 0 Å². The van der Waals surface area contributed by atoms with E-state index in [1.165, 1.54) is 4.90 Å². The molecule has 1 aliphatic heterocycles. The van der Waals surface area contributed by atoms with Crippen molar-refractivity contribution in [3.63, 3.8) is 0 Å². The van der Waals surface area contributed by atoms with Crippen LogP contribution in [0.25, 0.3) is 0 Å². The highest BCUT2D eigenvalue weighted by atomic mass is 16.4. The van der Waals surface area contributed by atoms with E-state index in [1.54, 1.807) is 0 Å². The van der Waals surface area contributed by atoms with Crippen LogP contribution in [0.1, 0.15) is 17.0 Å². The highest BCUT2D eigenvalue weighted by Gasteiger charge is 2.38. The van der Waals surface area contributed by atoms with Gasteiger partial charge in [0.1, 0.15) is 19.6 Å². The minimum absolute atomic E-state index is 0.511. The zero-order valence-electron chi connectivity index (χ0n) is 14.1. The first-order chi connectivity index (χ1) is 11.5. The summed E-state index contributed by atoms with van der Waals surface area (Å²) in [6, 6.07) is 10.2. The average Bonchev–Trinajstić information content (AvgIpc) is 2.56. The van der Waals surface area contributed by atoms with Crippen molar-refractivity contribution in [2.24, 2.45) is 0 Å². The quantitative estimate of drug-likeness (QED) is 0.880. The number of hydrogen-bond acceptors (Lipinski definition) is 3. The van der Waals surface area contributed by atoms with Crippen LogP contribution in [0.5, 0.6) is 0 Å². The maximum absolute atomic E-state index is 11.2. The van der Waals surface area contributed by atoms with Crippen molar-refractivity contribution < 1.29 is 9.90 Å².